The van der Waals surface area contributed by atoms with Crippen molar-refractivity contribution in [1.82, 2.24) is 0 Å². The molecule has 0 aliphatic heterocycles. The van der Waals surface area contributed by atoms with E-state index in [0.717, 1.165) is 6.42 Å². The summed E-state index contributed by atoms with van der Waals surface area (Å²) in [4.78, 5) is 0. The molecule has 12 heavy (non-hydrogen) atoms. The molecule has 0 spiro atoms. The summed E-state index contributed by atoms with van der Waals surface area (Å²) >= 11 is 0. The molecular formula is C10H14FN. The molecule has 0 heterocycles. The molecule has 0 unspecified atom stereocenters. The van der Waals surface area contributed by atoms with Gasteiger partial charge in [0.15, 0.2) is 0 Å². The van der Waals surface area contributed by atoms with Crippen LogP contribution < -0.4 is 5.73 Å². The summed E-state index contributed by atoms with van der Waals surface area (Å²) in [5.41, 5.74) is 7.01. The average molecular weight is 167 g/mol. The maximum atomic E-state index is 13.4. The van der Waals surface area contributed by atoms with Crippen molar-refractivity contribution in [2.75, 3.05) is 0 Å². The van der Waals surface area contributed by atoms with Crippen LogP contribution in [0.4, 0.5) is 4.39 Å². The zero-order valence-corrected chi connectivity index (χ0v) is 7.47. The van der Waals surface area contributed by atoms with E-state index in [1.807, 2.05) is 13.0 Å². The molecule has 0 saturated heterocycles. The van der Waals surface area contributed by atoms with E-state index >= 15 is 0 Å². The van der Waals surface area contributed by atoms with Gasteiger partial charge in [-0.3, -0.25) is 0 Å². The Kier molecular flexibility index (Phi) is 2.82. The second-order valence-electron chi connectivity index (χ2n) is 2.99. The van der Waals surface area contributed by atoms with Gasteiger partial charge in [-0.05, 0) is 18.9 Å². The van der Waals surface area contributed by atoms with Crippen molar-refractivity contribution in [1.29, 1.82) is 0 Å². The van der Waals surface area contributed by atoms with E-state index in [-0.39, 0.29) is 11.9 Å². The number of aryl methyl sites for hydroxylation is 1. The van der Waals surface area contributed by atoms with Gasteiger partial charge < -0.3 is 5.73 Å². The third-order valence-electron chi connectivity index (χ3n) is 2.06. The molecule has 0 radical (unpaired) electrons. The third-order valence-corrected chi connectivity index (χ3v) is 2.06. The minimum Gasteiger partial charge on any atom is -0.324 e. The lowest BCUT2D eigenvalue weighted by atomic mass is 10.0. The van der Waals surface area contributed by atoms with E-state index in [4.69, 9.17) is 5.73 Å². The molecule has 0 saturated carbocycles. The second-order valence-corrected chi connectivity index (χ2v) is 2.99. The maximum absolute atomic E-state index is 13.4. The van der Waals surface area contributed by atoms with E-state index in [2.05, 4.69) is 0 Å². The van der Waals surface area contributed by atoms with Gasteiger partial charge in [-0.1, -0.05) is 25.1 Å². The summed E-state index contributed by atoms with van der Waals surface area (Å²) < 4.78 is 13.4. The molecule has 0 fully saturated rings. The zero-order chi connectivity index (χ0) is 9.14. The van der Waals surface area contributed by atoms with Gasteiger partial charge in [0.1, 0.15) is 5.82 Å². The van der Waals surface area contributed by atoms with Crippen LogP contribution >= 0.6 is 0 Å². The Labute approximate surface area is 72.4 Å². The van der Waals surface area contributed by atoms with E-state index in [1.165, 1.54) is 0 Å². The van der Waals surface area contributed by atoms with Crippen LogP contribution in [0.5, 0.6) is 0 Å². The van der Waals surface area contributed by atoms with Gasteiger partial charge in [0, 0.05) is 11.6 Å². The fraction of sp³-hybridized carbons (Fsp3) is 0.400. The van der Waals surface area contributed by atoms with Gasteiger partial charge in [0.2, 0.25) is 0 Å². The first-order valence-electron chi connectivity index (χ1n) is 4.17. The highest BCUT2D eigenvalue weighted by Gasteiger charge is 2.09. The molecule has 1 atom stereocenters. The summed E-state index contributed by atoms with van der Waals surface area (Å²) in [6, 6.07) is 5.16. The Bertz CT molecular complexity index is 271. The summed E-state index contributed by atoms with van der Waals surface area (Å²) in [5, 5.41) is 0. The molecule has 1 aromatic rings. The summed E-state index contributed by atoms with van der Waals surface area (Å²) in [6.45, 7) is 3.70. The Morgan fingerprint density at radius 1 is 1.50 bits per heavy atom. The van der Waals surface area contributed by atoms with Gasteiger partial charge in [0.05, 0.1) is 0 Å². The smallest absolute Gasteiger partial charge is 0.130 e. The highest BCUT2D eigenvalue weighted by molar-refractivity contribution is 5.27. The minimum absolute atomic E-state index is 0.160. The van der Waals surface area contributed by atoms with Gasteiger partial charge in [-0.15, -0.1) is 0 Å². The number of halogens is 1. The van der Waals surface area contributed by atoms with Gasteiger partial charge in [-0.2, -0.15) is 0 Å². The molecule has 0 aliphatic carbocycles. The number of nitrogens with two attached hydrogens (primary N) is 1. The van der Waals surface area contributed by atoms with Gasteiger partial charge in [-0.25, -0.2) is 4.39 Å². The highest BCUT2D eigenvalue weighted by atomic mass is 19.1. The van der Waals surface area contributed by atoms with E-state index in [0.29, 0.717) is 11.1 Å². The molecule has 0 amide bonds. The molecule has 2 heteroatoms. The first-order valence-corrected chi connectivity index (χ1v) is 4.17. The lowest BCUT2D eigenvalue weighted by Gasteiger charge is -2.11. The van der Waals surface area contributed by atoms with Crippen LogP contribution in [0.1, 0.15) is 30.5 Å². The molecule has 2 N–H and O–H groups in total. The fourth-order valence-electron chi connectivity index (χ4n) is 1.18. The number of benzene rings is 1. The Morgan fingerprint density at radius 2 is 2.17 bits per heavy atom. The first kappa shape index (κ1) is 9.20. The predicted molar refractivity (Wildman–Crippen MR) is 48.4 cm³/mol. The Morgan fingerprint density at radius 3 is 2.75 bits per heavy atom. The van der Waals surface area contributed by atoms with Crippen molar-refractivity contribution in [2.45, 2.75) is 26.3 Å². The van der Waals surface area contributed by atoms with Crippen LogP contribution in [0.3, 0.4) is 0 Å². The number of hydrogen-bond donors (Lipinski definition) is 1. The number of rotatable bonds is 2. The van der Waals surface area contributed by atoms with Crippen LogP contribution in [-0.4, -0.2) is 0 Å². The zero-order valence-electron chi connectivity index (χ0n) is 7.47. The summed E-state index contributed by atoms with van der Waals surface area (Å²) in [6.07, 6.45) is 0.764. The monoisotopic (exact) mass is 167 g/mol. The molecular weight excluding hydrogens is 153 g/mol. The predicted octanol–water partition coefficient (Wildman–Crippen LogP) is 2.54. The summed E-state index contributed by atoms with van der Waals surface area (Å²) in [5.74, 6) is -0.160. The molecule has 1 nitrogen and oxygen atoms in total. The SMILES string of the molecule is CC[C@@H](N)c1cccc(C)c1F. The molecule has 1 rings (SSSR count). The molecule has 1 aromatic carbocycles. The van der Waals surface area contributed by atoms with E-state index in [1.54, 1.807) is 19.1 Å². The van der Waals surface area contributed by atoms with E-state index < -0.39 is 0 Å². The van der Waals surface area contributed by atoms with Crippen LogP contribution in [0.15, 0.2) is 18.2 Å². The molecule has 0 aromatic heterocycles. The van der Waals surface area contributed by atoms with Crippen LogP contribution in [0.25, 0.3) is 0 Å². The lowest BCUT2D eigenvalue weighted by molar-refractivity contribution is 0.568. The van der Waals surface area contributed by atoms with Crippen molar-refractivity contribution >= 4 is 0 Å². The second kappa shape index (κ2) is 3.68. The van der Waals surface area contributed by atoms with Crippen molar-refractivity contribution in [2.24, 2.45) is 5.73 Å². The molecule has 66 valence electrons. The quantitative estimate of drug-likeness (QED) is 0.719. The summed E-state index contributed by atoms with van der Waals surface area (Å²) in [7, 11) is 0. The van der Waals surface area contributed by atoms with Crippen molar-refractivity contribution < 1.29 is 4.39 Å². The highest BCUT2D eigenvalue weighted by Crippen LogP contribution is 2.19. The standard InChI is InChI=1S/C10H14FN/c1-3-9(12)8-6-4-5-7(2)10(8)11/h4-6,9H,3,12H2,1-2H3/t9-/m1/s1. The van der Waals surface area contributed by atoms with Crippen LogP contribution in [0, 0.1) is 12.7 Å². The van der Waals surface area contributed by atoms with Crippen molar-refractivity contribution in [3.8, 4) is 0 Å². The Balaban J connectivity index is 3.07. The molecule has 0 bridgehead atoms. The maximum Gasteiger partial charge on any atom is 0.130 e. The van der Waals surface area contributed by atoms with Crippen molar-refractivity contribution in [3.63, 3.8) is 0 Å². The fourth-order valence-corrected chi connectivity index (χ4v) is 1.18. The first-order chi connectivity index (χ1) is 5.66. The molecule has 0 aliphatic rings. The van der Waals surface area contributed by atoms with Crippen molar-refractivity contribution in [3.05, 3.63) is 35.1 Å². The third kappa shape index (κ3) is 1.64. The van der Waals surface area contributed by atoms with Crippen LogP contribution in [-0.2, 0) is 0 Å². The van der Waals surface area contributed by atoms with E-state index in [9.17, 15) is 4.39 Å². The largest absolute Gasteiger partial charge is 0.324 e. The van der Waals surface area contributed by atoms with Crippen LogP contribution in [0.2, 0.25) is 0 Å². The van der Waals surface area contributed by atoms with Gasteiger partial charge in [0.25, 0.3) is 0 Å². The minimum atomic E-state index is -0.176. The Hall–Kier alpha value is -0.890. The topological polar surface area (TPSA) is 26.0 Å². The van der Waals surface area contributed by atoms with Gasteiger partial charge >= 0.3 is 0 Å². The number of hydrogen-bond acceptors (Lipinski definition) is 1. The average Bonchev–Trinajstić information content (AvgIpc) is 2.08. The normalized spacial score (nSPS) is 13.0. The lowest BCUT2D eigenvalue weighted by Crippen LogP contribution is -2.11.